The van der Waals surface area contributed by atoms with Gasteiger partial charge in [-0.2, -0.15) is 5.10 Å². The summed E-state index contributed by atoms with van der Waals surface area (Å²) >= 11 is 0. The molecule has 0 fully saturated rings. The van der Waals surface area contributed by atoms with E-state index < -0.39 is 22.9 Å². The summed E-state index contributed by atoms with van der Waals surface area (Å²) in [7, 11) is 0. The highest BCUT2D eigenvalue weighted by molar-refractivity contribution is 5.97. The molecule has 30 heavy (non-hydrogen) atoms. The van der Waals surface area contributed by atoms with Crippen molar-refractivity contribution in [2.24, 2.45) is 0 Å². The second kappa shape index (κ2) is 8.56. The molecule has 1 unspecified atom stereocenters. The van der Waals surface area contributed by atoms with Crippen LogP contribution in [0.3, 0.4) is 0 Å². The number of non-ortho nitro benzene ring substituents is 1. The van der Waals surface area contributed by atoms with E-state index in [1.165, 1.54) is 31.2 Å². The van der Waals surface area contributed by atoms with Gasteiger partial charge in [0.2, 0.25) is 0 Å². The van der Waals surface area contributed by atoms with E-state index >= 15 is 0 Å². The van der Waals surface area contributed by atoms with Crippen LogP contribution in [0.15, 0.2) is 54.6 Å². The predicted octanol–water partition coefficient (Wildman–Crippen LogP) is 3.58. The Morgan fingerprint density at radius 3 is 2.43 bits per heavy atom. The zero-order valence-corrected chi connectivity index (χ0v) is 16.7. The zero-order valence-electron chi connectivity index (χ0n) is 16.7. The summed E-state index contributed by atoms with van der Waals surface area (Å²) in [5, 5.41) is 17.7. The molecular weight excluding hydrogens is 388 g/mol. The molecule has 154 valence electrons. The number of hydrogen-bond donors (Lipinski definition) is 1. The van der Waals surface area contributed by atoms with Crippen molar-refractivity contribution in [1.29, 1.82) is 0 Å². The standard InChI is InChI=1S/C21H20N4O5/c1-13-11-14(2)24(23-13)18-9-7-16(8-10-18)21(27)30-15(3)20(26)22-17-5-4-6-19(12-17)25(28)29/h4-12,15H,1-3H3,(H,22,26). The van der Waals surface area contributed by atoms with Crippen LogP contribution in [0, 0.1) is 24.0 Å². The average Bonchev–Trinajstić information content (AvgIpc) is 3.06. The molecule has 0 bridgehead atoms. The lowest BCUT2D eigenvalue weighted by Gasteiger charge is -2.14. The lowest BCUT2D eigenvalue weighted by Crippen LogP contribution is -2.30. The molecule has 1 aromatic heterocycles. The Hall–Kier alpha value is -4.01. The number of nitrogens with zero attached hydrogens (tertiary/aromatic N) is 3. The normalized spacial score (nSPS) is 11.6. The molecule has 9 heteroatoms. The van der Waals surface area contributed by atoms with Crippen LogP contribution in [-0.4, -0.2) is 32.7 Å². The second-order valence-corrected chi connectivity index (χ2v) is 6.73. The monoisotopic (exact) mass is 408 g/mol. The number of nitro groups is 1. The van der Waals surface area contributed by atoms with E-state index in [0.29, 0.717) is 0 Å². The van der Waals surface area contributed by atoms with Crippen molar-refractivity contribution in [3.63, 3.8) is 0 Å². The zero-order chi connectivity index (χ0) is 21.8. The molecule has 0 spiro atoms. The van der Waals surface area contributed by atoms with Crippen LogP contribution < -0.4 is 5.32 Å². The number of amides is 1. The fraction of sp³-hybridized carbons (Fsp3) is 0.190. The van der Waals surface area contributed by atoms with Crippen LogP contribution in [-0.2, 0) is 9.53 Å². The van der Waals surface area contributed by atoms with Crippen LogP contribution in [0.5, 0.6) is 0 Å². The Morgan fingerprint density at radius 1 is 1.13 bits per heavy atom. The topological polar surface area (TPSA) is 116 Å². The molecule has 0 radical (unpaired) electrons. The van der Waals surface area contributed by atoms with Gasteiger partial charge in [-0.25, -0.2) is 9.48 Å². The summed E-state index contributed by atoms with van der Waals surface area (Å²) in [5.41, 5.74) is 3.03. The number of benzene rings is 2. The molecule has 1 heterocycles. The third-order valence-electron chi connectivity index (χ3n) is 4.33. The molecule has 3 rings (SSSR count). The molecule has 3 aromatic rings. The Bertz CT molecular complexity index is 1100. The van der Waals surface area contributed by atoms with Crippen molar-refractivity contribution >= 4 is 23.3 Å². The van der Waals surface area contributed by atoms with E-state index in [4.69, 9.17) is 4.74 Å². The Morgan fingerprint density at radius 2 is 1.83 bits per heavy atom. The number of rotatable bonds is 6. The van der Waals surface area contributed by atoms with Gasteiger partial charge in [0.1, 0.15) is 0 Å². The fourth-order valence-corrected chi connectivity index (χ4v) is 2.85. The number of aromatic nitrogens is 2. The van der Waals surface area contributed by atoms with E-state index in [0.717, 1.165) is 17.1 Å². The number of carbonyl (C=O) groups is 2. The van der Waals surface area contributed by atoms with E-state index in [2.05, 4.69) is 10.4 Å². The first-order valence-corrected chi connectivity index (χ1v) is 9.14. The third-order valence-corrected chi connectivity index (χ3v) is 4.33. The van der Waals surface area contributed by atoms with Gasteiger partial charge in [-0.1, -0.05) is 6.07 Å². The first-order chi connectivity index (χ1) is 14.2. The smallest absolute Gasteiger partial charge is 0.338 e. The highest BCUT2D eigenvalue weighted by atomic mass is 16.6. The maximum absolute atomic E-state index is 12.4. The largest absolute Gasteiger partial charge is 0.449 e. The number of hydrogen-bond acceptors (Lipinski definition) is 6. The van der Waals surface area contributed by atoms with Crippen LogP contribution in [0.1, 0.15) is 28.7 Å². The SMILES string of the molecule is Cc1cc(C)n(-c2ccc(C(=O)OC(C)C(=O)Nc3cccc([N+](=O)[O-])c3)cc2)n1. The van der Waals surface area contributed by atoms with Gasteiger partial charge >= 0.3 is 5.97 Å². The number of nitro benzene ring substituents is 1. The van der Waals surface area contributed by atoms with Crippen molar-refractivity contribution in [3.05, 3.63) is 81.7 Å². The number of aryl methyl sites for hydroxylation is 2. The summed E-state index contributed by atoms with van der Waals surface area (Å²) in [6.07, 6.45) is -1.09. The van der Waals surface area contributed by atoms with Crippen LogP contribution in [0.25, 0.3) is 5.69 Å². The Balaban J connectivity index is 1.63. The van der Waals surface area contributed by atoms with Gasteiger partial charge in [0.05, 0.1) is 21.9 Å². The molecular formula is C21H20N4O5. The summed E-state index contributed by atoms with van der Waals surface area (Å²) < 4.78 is 6.98. The van der Waals surface area contributed by atoms with E-state index in [-0.39, 0.29) is 16.9 Å². The van der Waals surface area contributed by atoms with Gasteiger partial charge in [0.15, 0.2) is 6.10 Å². The molecule has 0 saturated heterocycles. The number of carbonyl (C=O) groups excluding carboxylic acids is 2. The number of anilines is 1. The molecule has 0 saturated carbocycles. The molecule has 9 nitrogen and oxygen atoms in total. The van der Waals surface area contributed by atoms with Gasteiger partial charge in [0, 0.05) is 23.5 Å². The predicted molar refractivity (Wildman–Crippen MR) is 110 cm³/mol. The van der Waals surface area contributed by atoms with Crippen molar-refractivity contribution < 1.29 is 19.2 Å². The molecule has 2 aromatic carbocycles. The highest BCUT2D eigenvalue weighted by Gasteiger charge is 2.20. The average molecular weight is 408 g/mol. The second-order valence-electron chi connectivity index (χ2n) is 6.73. The minimum Gasteiger partial charge on any atom is -0.449 e. The van der Waals surface area contributed by atoms with Gasteiger partial charge in [-0.05, 0) is 57.2 Å². The molecule has 1 atom stereocenters. The van der Waals surface area contributed by atoms with Crippen molar-refractivity contribution in [2.75, 3.05) is 5.32 Å². The quantitative estimate of drug-likeness (QED) is 0.379. The Kier molecular flexibility index (Phi) is 5.91. The third kappa shape index (κ3) is 4.69. The summed E-state index contributed by atoms with van der Waals surface area (Å²) in [6.45, 7) is 5.26. The van der Waals surface area contributed by atoms with Gasteiger partial charge in [-0.15, -0.1) is 0 Å². The molecule has 0 aliphatic rings. The molecule has 1 amide bonds. The first kappa shape index (κ1) is 20.7. The minimum absolute atomic E-state index is 0.153. The lowest BCUT2D eigenvalue weighted by molar-refractivity contribution is -0.384. The van der Waals surface area contributed by atoms with Gasteiger partial charge in [0.25, 0.3) is 11.6 Å². The summed E-state index contributed by atoms with van der Waals surface area (Å²) in [6, 6.07) is 14.1. The van der Waals surface area contributed by atoms with E-state index in [9.17, 15) is 19.7 Å². The fourth-order valence-electron chi connectivity index (χ4n) is 2.85. The van der Waals surface area contributed by atoms with Gasteiger partial charge < -0.3 is 10.1 Å². The highest BCUT2D eigenvalue weighted by Crippen LogP contribution is 2.18. The molecule has 0 aliphatic heterocycles. The van der Waals surface area contributed by atoms with Gasteiger partial charge in [-0.3, -0.25) is 14.9 Å². The van der Waals surface area contributed by atoms with Crippen LogP contribution in [0.4, 0.5) is 11.4 Å². The number of esters is 1. The summed E-state index contributed by atoms with van der Waals surface area (Å²) in [5.74, 6) is -1.25. The van der Waals surface area contributed by atoms with Crippen molar-refractivity contribution in [2.45, 2.75) is 26.9 Å². The first-order valence-electron chi connectivity index (χ1n) is 9.14. The molecule has 0 aliphatic carbocycles. The van der Waals surface area contributed by atoms with Crippen LogP contribution >= 0.6 is 0 Å². The van der Waals surface area contributed by atoms with E-state index in [1.807, 2.05) is 19.9 Å². The maximum atomic E-state index is 12.4. The minimum atomic E-state index is -1.09. The Labute approximate surface area is 172 Å². The van der Waals surface area contributed by atoms with Crippen LogP contribution in [0.2, 0.25) is 0 Å². The summed E-state index contributed by atoms with van der Waals surface area (Å²) in [4.78, 5) is 34.9. The number of nitrogens with one attached hydrogen (secondary N) is 1. The van der Waals surface area contributed by atoms with E-state index in [1.54, 1.807) is 28.9 Å². The molecule has 1 N–H and O–H groups in total. The van der Waals surface area contributed by atoms with Crippen molar-refractivity contribution in [1.82, 2.24) is 9.78 Å². The maximum Gasteiger partial charge on any atom is 0.338 e. The van der Waals surface area contributed by atoms with Crippen molar-refractivity contribution in [3.8, 4) is 5.69 Å². The number of ether oxygens (including phenoxy) is 1. The lowest BCUT2D eigenvalue weighted by atomic mass is 10.2.